The molecule has 1 aromatic carbocycles. The molecule has 0 fully saturated rings. The molecule has 1 heterocycles. The van der Waals surface area contributed by atoms with Crippen LogP contribution in [0.15, 0.2) is 29.3 Å². The first kappa shape index (κ1) is 17.5. The maximum absolute atomic E-state index is 11.8. The second-order valence-electron chi connectivity index (χ2n) is 6.18. The quantitative estimate of drug-likeness (QED) is 0.564. The number of amides is 1. The van der Waals surface area contributed by atoms with Gasteiger partial charge in [0.05, 0.1) is 10.7 Å². The van der Waals surface area contributed by atoms with Crippen molar-refractivity contribution < 1.29 is 15.0 Å². The predicted molar refractivity (Wildman–Crippen MR) is 95.4 cm³/mol. The molecular formula is C17H20Cl2N2O3. The number of carbonyl (C=O) groups excluding carboxylic acids is 1. The molecule has 0 spiro atoms. The minimum atomic E-state index is -0.855. The van der Waals surface area contributed by atoms with E-state index in [1.165, 1.54) is 0 Å². The largest absolute Gasteiger partial charge is 0.369 e. The number of halogens is 2. The van der Waals surface area contributed by atoms with Gasteiger partial charge in [-0.15, -0.1) is 11.6 Å². The zero-order valence-corrected chi connectivity index (χ0v) is 14.8. The molecule has 3 rings (SSSR count). The van der Waals surface area contributed by atoms with Crippen molar-refractivity contribution in [3.05, 3.63) is 34.4 Å². The molecule has 0 aromatic heterocycles. The molecule has 0 bridgehead atoms. The van der Waals surface area contributed by atoms with Gasteiger partial charge >= 0.3 is 0 Å². The van der Waals surface area contributed by atoms with Crippen molar-refractivity contribution in [2.24, 2.45) is 0 Å². The second kappa shape index (κ2) is 6.92. The number of aliphatic hydroxyl groups is 2. The van der Waals surface area contributed by atoms with Crippen molar-refractivity contribution in [1.29, 1.82) is 0 Å². The van der Waals surface area contributed by atoms with Crippen LogP contribution in [-0.2, 0) is 4.79 Å². The van der Waals surface area contributed by atoms with Gasteiger partial charge < -0.3 is 20.4 Å². The van der Waals surface area contributed by atoms with Crippen LogP contribution in [0.4, 0.5) is 11.4 Å². The molecule has 1 aliphatic carbocycles. The standard InChI is InChI=1S/C17H20Cl2N2O3/c1-9(18)15(22)20-14-8-10(6-7-13(14)19)21-16(23)11-4-2-3-5-12(11)17(21)24/h6-9,16-17,23-24H,2-5H2,1H3,(H,20,22). The molecule has 24 heavy (non-hydrogen) atoms. The van der Waals surface area contributed by atoms with Crippen molar-refractivity contribution in [2.75, 3.05) is 10.2 Å². The molecule has 130 valence electrons. The highest BCUT2D eigenvalue weighted by molar-refractivity contribution is 6.35. The minimum Gasteiger partial charge on any atom is -0.369 e. The van der Waals surface area contributed by atoms with E-state index >= 15 is 0 Å². The monoisotopic (exact) mass is 370 g/mol. The minimum absolute atomic E-state index is 0.365. The number of hydrogen-bond donors (Lipinski definition) is 3. The number of alkyl halides is 1. The number of rotatable bonds is 3. The topological polar surface area (TPSA) is 72.8 Å². The molecule has 2 aliphatic rings. The Hall–Kier alpha value is -1.27. The molecule has 0 saturated heterocycles. The lowest BCUT2D eigenvalue weighted by Gasteiger charge is -2.29. The zero-order valence-electron chi connectivity index (χ0n) is 13.3. The summed E-state index contributed by atoms with van der Waals surface area (Å²) in [6.45, 7) is 1.57. The van der Waals surface area contributed by atoms with Crippen molar-refractivity contribution in [3.63, 3.8) is 0 Å². The van der Waals surface area contributed by atoms with Crippen LogP contribution in [-0.4, -0.2) is 34.0 Å². The highest BCUT2D eigenvalue weighted by atomic mass is 35.5. The number of aliphatic hydroxyl groups excluding tert-OH is 2. The van der Waals surface area contributed by atoms with E-state index in [2.05, 4.69) is 5.32 Å². The lowest BCUT2D eigenvalue weighted by atomic mass is 9.93. The fraction of sp³-hybridized carbons (Fsp3) is 0.471. The molecule has 7 heteroatoms. The fourth-order valence-electron chi connectivity index (χ4n) is 3.30. The van der Waals surface area contributed by atoms with E-state index in [1.807, 2.05) is 0 Å². The summed E-state index contributed by atoms with van der Waals surface area (Å²) >= 11 is 11.9. The van der Waals surface area contributed by atoms with Crippen molar-refractivity contribution >= 4 is 40.5 Å². The summed E-state index contributed by atoms with van der Waals surface area (Å²) in [5.74, 6) is -0.365. The molecule has 3 unspecified atom stereocenters. The maximum atomic E-state index is 11.8. The van der Waals surface area contributed by atoms with Crippen molar-refractivity contribution in [3.8, 4) is 0 Å². The van der Waals surface area contributed by atoms with Gasteiger partial charge in [0.15, 0.2) is 12.5 Å². The number of nitrogens with zero attached hydrogens (tertiary/aromatic N) is 1. The van der Waals surface area contributed by atoms with Gasteiger partial charge in [-0.05, 0) is 62.0 Å². The van der Waals surface area contributed by atoms with Crippen LogP contribution in [0.5, 0.6) is 0 Å². The van der Waals surface area contributed by atoms with E-state index < -0.39 is 17.8 Å². The number of benzene rings is 1. The summed E-state index contributed by atoms with van der Waals surface area (Å²) < 4.78 is 0. The van der Waals surface area contributed by atoms with E-state index in [4.69, 9.17) is 23.2 Å². The van der Waals surface area contributed by atoms with E-state index in [1.54, 1.807) is 30.0 Å². The van der Waals surface area contributed by atoms with Crippen LogP contribution in [0, 0.1) is 0 Å². The summed E-state index contributed by atoms with van der Waals surface area (Å²) in [6, 6.07) is 4.99. The molecule has 1 aliphatic heterocycles. The normalized spacial score (nSPS) is 24.8. The summed E-state index contributed by atoms with van der Waals surface area (Å²) in [7, 11) is 0. The number of nitrogens with one attached hydrogen (secondary N) is 1. The first-order valence-corrected chi connectivity index (χ1v) is 8.82. The summed E-state index contributed by atoms with van der Waals surface area (Å²) in [4.78, 5) is 13.4. The van der Waals surface area contributed by atoms with Crippen LogP contribution in [0.1, 0.15) is 32.6 Å². The van der Waals surface area contributed by atoms with Gasteiger partial charge in [0.25, 0.3) is 0 Å². The number of carbonyl (C=O) groups is 1. The van der Waals surface area contributed by atoms with Gasteiger partial charge in [-0.1, -0.05) is 11.6 Å². The van der Waals surface area contributed by atoms with Crippen LogP contribution in [0.2, 0.25) is 5.02 Å². The highest BCUT2D eigenvalue weighted by Crippen LogP contribution is 2.41. The average Bonchev–Trinajstić information content (AvgIpc) is 2.81. The SMILES string of the molecule is CC(Cl)C(=O)Nc1cc(N2C(O)C3=C(CCCC3)C2O)ccc1Cl. The van der Waals surface area contributed by atoms with Crippen LogP contribution in [0.3, 0.4) is 0 Å². The van der Waals surface area contributed by atoms with Gasteiger partial charge in [-0.3, -0.25) is 4.79 Å². The Balaban J connectivity index is 1.89. The fourth-order valence-corrected chi connectivity index (χ4v) is 3.51. The third kappa shape index (κ3) is 3.14. The Morgan fingerprint density at radius 3 is 2.38 bits per heavy atom. The van der Waals surface area contributed by atoms with Crippen LogP contribution in [0.25, 0.3) is 0 Å². The second-order valence-corrected chi connectivity index (χ2v) is 7.24. The van der Waals surface area contributed by atoms with Crippen molar-refractivity contribution in [2.45, 2.75) is 50.4 Å². The molecule has 0 radical (unpaired) electrons. The number of hydrogen-bond acceptors (Lipinski definition) is 4. The average molecular weight is 371 g/mol. The molecular weight excluding hydrogens is 351 g/mol. The lowest BCUT2D eigenvalue weighted by molar-refractivity contribution is -0.115. The van der Waals surface area contributed by atoms with Gasteiger partial charge in [-0.25, -0.2) is 0 Å². The van der Waals surface area contributed by atoms with Crippen LogP contribution >= 0.6 is 23.2 Å². The maximum Gasteiger partial charge on any atom is 0.242 e. The Bertz CT molecular complexity index is 668. The van der Waals surface area contributed by atoms with Gasteiger partial charge in [-0.2, -0.15) is 0 Å². The van der Waals surface area contributed by atoms with Gasteiger partial charge in [0.1, 0.15) is 5.38 Å². The van der Waals surface area contributed by atoms with Gasteiger partial charge in [0.2, 0.25) is 5.91 Å². The third-order valence-electron chi connectivity index (χ3n) is 4.57. The zero-order chi connectivity index (χ0) is 17.4. The Kier molecular flexibility index (Phi) is 5.06. The van der Waals surface area contributed by atoms with Crippen LogP contribution < -0.4 is 10.2 Å². The summed E-state index contributed by atoms with van der Waals surface area (Å²) in [6.07, 6.45) is 1.92. The van der Waals surface area contributed by atoms with E-state index in [9.17, 15) is 15.0 Å². The Morgan fingerprint density at radius 2 is 1.83 bits per heavy atom. The highest BCUT2D eigenvalue weighted by Gasteiger charge is 2.39. The van der Waals surface area contributed by atoms with Gasteiger partial charge in [0, 0.05) is 5.69 Å². The predicted octanol–water partition coefficient (Wildman–Crippen LogP) is 3.23. The molecule has 5 nitrogen and oxygen atoms in total. The molecule has 1 amide bonds. The van der Waals surface area contributed by atoms with E-state index in [-0.39, 0.29) is 5.91 Å². The third-order valence-corrected chi connectivity index (χ3v) is 5.10. The first-order chi connectivity index (χ1) is 11.4. The molecule has 0 saturated carbocycles. The molecule has 1 aromatic rings. The lowest BCUT2D eigenvalue weighted by Crippen LogP contribution is -2.38. The van der Waals surface area contributed by atoms with E-state index in [0.717, 1.165) is 36.8 Å². The Labute approximate surface area is 150 Å². The van der Waals surface area contributed by atoms with Crippen molar-refractivity contribution in [1.82, 2.24) is 0 Å². The summed E-state index contributed by atoms with van der Waals surface area (Å²) in [5, 5.41) is 23.5. The first-order valence-electron chi connectivity index (χ1n) is 8.01. The molecule has 3 atom stereocenters. The molecule has 3 N–H and O–H groups in total. The van der Waals surface area contributed by atoms with E-state index in [0.29, 0.717) is 16.4 Å². The Morgan fingerprint density at radius 1 is 1.25 bits per heavy atom. The number of anilines is 2. The smallest absolute Gasteiger partial charge is 0.242 e. The summed E-state index contributed by atoms with van der Waals surface area (Å²) in [5.41, 5.74) is 2.80.